The van der Waals surface area contributed by atoms with Crippen molar-refractivity contribution in [1.29, 1.82) is 0 Å². The lowest BCUT2D eigenvalue weighted by Crippen LogP contribution is -2.32. The summed E-state index contributed by atoms with van der Waals surface area (Å²) >= 11 is 0. The highest BCUT2D eigenvalue weighted by Gasteiger charge is 2.11. The number of amides is 1. The van der Waals surface area contributed by atoms with Gasteiger partial charge in [-0.25, -0.2) is 4.79 Å². The summed E-state index contributed by atoms with van der Waals surface area (Å²) in [4.78, 5) is 14.9. The maximum atomic E-state index is 10.2. The third-order valence-corrected chi connectivity index (χ3v) is 2.89. The van der Waals surface area contributed by atoms with Gasteiger partial charge >= 0.3 is 6.09 Å². The molecule has 0 unspecified atom stereocenters. The average Bonchev–Trinajstić information content (AvgIpc) is 2.48. The van der Waals surface area contributed by atoms with E-state index in [0.717, 1.165) is 26.2 Å². The van der Waals surface area contributed by atoms with Gasteiger partial charge in [0.2, 0.25) is 0 Å². The number of nitrogens with one attached hydrogen (secondary N) is 1. The molecule has 0 aromatic heterocycles. The zero-order chi connectivity index (χ0) is 12.5. The first kappa shape index (κ1) is 14.2. The highest BCUT2D eigenvalue weighted by molar-refractivity contribution is 5.64. The number of hydrogen-bond donors (Lipinski definition) is 2. The first-order chi connectivity index (χ1) is 8.18. The van der Waals surface area contributed by atoms with Crippen molar-refractivity contribution in [3.63, 3.8) is 0 Å². The van der Waals surface area contributed by atoms with Gasteiger partial charge < -0.3 is 20.1 Å². The van der Waals surface area contributed by atoms with E-state index in [1.807, 2.05) is 0 Å². The zero-order valence-corrected chi connectivity index (χ0v) is 10.5. The van der Waals surface area contributed by atoms with Crippen LogP contribution in [0.25, 0.3) is 0 Å². The van der Waals surface area contributed by atoms with Crippen LogP contribution in [-0.2, 0) is 4.74 Å². The first-order valence-electron chi connectivity index (χ1n) is 6.14. The summed E-state index contributed by atoms with van der Waals surface area (Å²) in [6.45, 7) is 6.90. The van der Waals surface area contributed by atoms with Crippen LogP contribution in [0.2, 0.25) is 0 Å². The SMILES string of the molecule is CN1CCCN(CCOCCNC(=O)O)CC1. The molecule has 100 valence electrons. The minimum absolute atomic E-state index is 0.359. The van der Waals surface area contributed by atoms with Crippen molar-refractivity contribution in [2.24, 2.45) is 0 Å². The zero-order valence-electron chi connectivity index (χ0n) is 10.5. The van der Waals surface area contributed by atoms with Crippen molar-refractivity contribution in [3.8, 4) is 0 Å². The van der Waals surface area contributed by atoms with E-state index in [9.17, 15) is 4.79 Å². The third kappa shape index (κ3) is 7.14. The van der Waals surface area contributed by atoms with Crippen LogP contribution in [0.3, 0.4) is 0 Å². The lowest BCUT2D eigenvalue weighted by molar-refractivity contribution is 0.105. The Balaban J connectivity index is 1.96. The molecule has 1 rings (SSSR count). The molecular weight excluding hydrogens is 222 g/mol. The standard InChI is InChI=1S/C11H23N3O3/c1-13-4-2-5-14(7-6-13)8-10-17-9-3-12-11(15)16/h12H,2-10H2,1H3,(H,15,16). The monoisotopic (exact) mass is 245 g/mol. The van der Waals surface area contributed by atoms with Crippen LogP contribution in [0.15, 0.2) is 0 Å². The van der Waals surface area contributed by atoms with E-state index in [1.165, 1.54) is 13.0 Å². The molecule has 6 nitrogen and oxygen atoms in total. The van der Waals surface area contributed by atoms with Gasteiger partial charge in [-0.15, -0.1) is 0 Å². The van der Waals surface area contributed by atoms with Crippen LogP contribution < -0.4 is 5.32 Å². The largest absolute Gasteiger partial charge is 0.465 e. The van der Waals surface area contributed by atoms with Crippen molar-refractivity contribution < 1.29 is 14.6 Å². The number of nitrogens with zero attached hydrogens (tertiary/aromatic N) is 2. The number of hydrogen-bond acceptors (Lipinski definition) is 4. The van der Waals surface area contributed by atoms with E-state index >= 15 is 0 Å². The van der Waals surface area contributed by atoms with Gasteiger partial charge in [0.15, 0.2) is 0 Å². The van der Waals surface area contributed by atoms with E-state index in [0.29, 0.717) is 19.8 Å². The van der Waals surface area contributed by atoms with Crippen molar-refractivity contribution in [2.45, 2.75) is 6.42 Å². The van der Waals surface area contributed by atoms with E-state index in [2.05, 4.69) is 22.2 Å². The molecule has 2 N–H and O–H groups in total. The Morgan fingerprint density at radius 1 is 1.29 bits per heavy atom. The predicted molar refractivity (Wildman–Crippen MR) is 65.4 cm³/mol. The number of carbonyl (C=O) groups is 1. The van der Waals surface area contributed by atoms with Crippen LogP contribution in [0.5, 0.6) is 0 Å². The molecule has 0 aromatic carbocycles. The Labute approximate surface area is 103 Å². The fourth-order valence-corrected chi connectivity index (χ4v) is 1.85. The Bertz CT molecular complexity index is 226. The van der Waals surface area contributed by atoms with Gasteiger partial charge in [-0.1, -0.05) is 0 Å². The summed E-state index contributed by atoms with van der Waals surface area (Å²) in [6, 6.07) is 0. The summed E-state index contributed by atoms with van der Waals surface area (Å²) in [5, 5.41) is 10.6. The molecular formula is C11H23N3O3. The molecule has 1 amide bonds. The summed E-state index contributed by atoms with van der Waals surface area (Å²) in [5.41, 5.74) is 0. The van der Waals surface area contributed by atoms with Gasteiger partial charge in [0.05, 0.1) is 13.2 Å². The highest BCUT2D eigenvalue weighted by Crippen LogP contribution is 2.00. The summed E-state index contributed by atoms with van der Waals surface area (Å²) in [7, 11) is 2.15. The van der Waals surface area contributed by atoms with Gasteiger partial charge in [-0.2, -0.15) is 0 Å². The van der Waals surface area contributed by atoms with Gasteiger partial charge in [-0.3, -0.25) is 4.90 Å². The average molecular weight is 245 g/mol. The van der Waals surface area contributed by atoms with Crippen molar-refractivity contribution in [3.05, 3.63) is 0 Å². The lowest BCUT2D eigenvalue weighted by Gasteiger charge is -2.19. The number of carboxylic acid groups (broad SMARTS) is 1. The lowest BCUT2D eigenvalue weighted by atomic mass is 10.4. The van der Waals surface area contributed by atoms with E-state index in [-0.39, 0.29) is 0 Å². The smallest absolute Gasteiger partial charge is 0.404 e. The Hall–Kier alpha value is -0.850. The molecule has 1 aliphatic rings. The van der Waals surface area contributed by atoms with Crippen molar-refractivity contribution >= 4 is 6.09 Å². The topological polar surface area (TPSA) is 65.0 Å². The molecule has 0 spiro atoms. The summed E-state index contributed by atoms with van der Waals surface area (Å²) in [5.74, 6) is 0. The summed E-state index contributed by atoms with van der Waals surface area (Å²) < 4.78 is 5.37. The van der Waals surface area contributed by atoms with Crippen LogP contribution in [0.1, 0.15) is 6.42 Å². The Morgan fingerprint density at radius 2 is 2.12 bits per heavy atom. The normalized spacial score (nSPS) is 18.9. The van der Waals surface area contributed by atoms with Crippen molar-refractivity contribution in [2.75, 3.05) is 59.5 Å². The van der Waals surface area contributed by atoms with Gasteiger partial charge in [0, 0.05) is 26.2 Å². The molecule has 1 heterocycles. The summed E-state index contributed by atoms with van der Waals surface area (Å²) in [6.07, 6.45) is 0.209. The minimum atomic E-state index is -0.996. The van der Waals surface area contributed by atoms with E-state index < -0.39 is 6.09 Å². The van der Waals surface area contributed by atoms with Gasteiger partial charge in [-0.05, 0) is 26.6 Å². The maximum Gasteiger partial charge on any atom is 0.404 e. The molecule has 0 radical (unpaired) electrons. The van der Waals surface area contributed by atoms with Gasteiger partial charge in [0.1, 0.15) is 0 Å². The minimum Gasteiger partial charge on any atom is -0.465 e. The van der Waals surface area contributed by atoms with Crippen LogP contribution in [0.4, 0.5) is 4.79 Å². The number of ether oxygens (including phenoxy) is 1. The van der Waals surface area contributed by atoms with Crippen LogP contribution in [0, 0.1) is 0 Å². The van der Waals surface area contributed by atoms with Crippen molar-refractivity contribution in [1.82, 2.24) is 15.1 Å². The van der Waals surface area contributed by atoms with E-state index in [4.69, 9.17) is 9.84 Å². The van der Waals surface area contributed by atoms with Crippen LogP contribution >= 0.6 is 0 Å². The predicted octanol–water partition coefficient (Wildman–Crippen LogP) is -0.0919. The molecule has 6 heteroatoms. The molecule has 17 heavy (non-hydrogen) atoms. The highest BCUT2D eigenvalue weighted by atomic mass is 16.5. The Morgan fingerprint density at radius 3 is 2.88 bits per heavy atom. The number of rotatable bonds is 6. The quantitative estimate of drug-likeness (QED) is 0.640. The third-order valence-electron chi connectivity index (χ3n) is 2.89. The Kier molecular flexibility index (Phi) is 6.91. The maximum absolute atomic E-state index is 10.2. The van der Waals surface area contributed by atoms with E-state index in [1.54, 1.807) is 0 Å². The second-order valence-corrected chi connectivity index (χ2v) is 4.34. The second kappa shape index (κ2) is 8.27. The van der Waals surface area contributed by atoms with Gasteiger partial charge in [0.25, 0.3) is 0 Å². The molecule has 0 bridgehead atoms. The van der Waals surface area contributed by atoms with Crippen LogP contribution in [-0.4, -0.2) is 80.5 Å². The molecule has 0 saturated carbocycles. The number of likely N-dealkylation sites (N-methyl/N-ethyl adjacent to an activating group) is 1. The second-order valence-electron chi connectivity index (χ2n) is 4.34. The molecule has 0 aliphatic carbocycles. The molecule has 1 fully saturated rings. The fraction of sp³-hybridized carbons (Fsp3) is 0.909. The molecule has 0 aromatic rings. The molecule has 1 aliphatic heterocycles. The molecule has 0 atom stereocenters. The molecule has 1 saturated heterocycles. The fourth-order valence-electron chi connectivity index (χ4n) is 1.85. The first-order valence-corrected chi connectivity index (χ1v) is 6.14.